The predicted molar refractivity (Wildman–Crippen MR) is 62.1 cm³/mol. The second kappa shape index (κ2) is 4.71. The molecule has 0 aliphatic heterocycles. The number of hydrogen-bond acceptors (Lipinski definition) is 4. The summed E-state index contributed by atoms with van der Waals surface area (Å²) < 4.78 is 5.57. The quantitative estimate of drug-likeness (QED) is 0.646. The smallest absolute Gasteiger partial charge is 0.310 e. The fraction of sp³-hybridized carbons (Fsp3) is 0.500. The van der Waals surface area contributed by atoms with Crippen LogP contribution in [0.2, 0.25) is 0 Å². The van der Waals surface area contributed by atoms with Gasteiger partial charge >= 0.3 is 5.69 Å². The first-order valence-electron chi connectivity index (χ1n) is 5.67. The fourth-order valence-electron chi connectivity index (χ4n) is 2.07. The van der Waals surface area contributed by atoms with Crippen LogP contribution in [0.4, 0.5) is 5.69 Å². The molecule has 1 saturated carbocycles. The molecule has 2 atom stereocenters. The van der Waals surface area contributed by atoms with Crippen molar-refractivity contribution >= 4 is 5.69 Å². The molecule has 0 bridgehead atoms. The third kappa shape index (κ3) is 2.55. The predicted octanol–water partition coefficient (Wildman–Crippen LogP) is 2.20. The fourth-order valence-corrected chi connectivity index (χ4v) is 2.07. The van der Waals surface area contributed by atoms with Crippen LogP contribution >= 0.6 is 0 Å². The molecule has 0 unspecified atom stereocenters. The standard InChI is InChI=1S/C12H15NO4/c1-8-5-6-9(13(15)16)12(7-8)17-11-4-2-3-10(11)14/h5-7,10-11,14H,2-4H2,1H3/t10-,11-/m0/s1. The third-order valence-electron chi connectivity index (χ3n) is 3.01. The maximum Gasteiger partial charge on any atom is 0.310 e. The summed E-state index contributed by atoms with van der Waals surface area (Å²) in [7, 11) is 0. The Labute approximate surface area is 99.2 Å². The van der Waals surface area contributed by atoms with Crippen LogP contribution in [0, 0.1) is 17.0 Å². The van der Waals surface area contributed by atoms with E-state index in [-0.39, 0.29) is 17.5 Å². The first-order valence-corrected chi connectivity index (χ1v) is 5.67. The molecule has 92 valence electrons. The molecule has 1 aromatic rings. The Morgan fingerprint density at radius 1 is 1.47 bits per heavy atom. The summed E-state index contributed by atoms with van der Waals surface area (Å²) in [6.45, 7) is 1.85. The van der Waals surface area contributed by atoms with E-state index in [4.69, 9.17) is 4.74 Å². The normalized spacial score (nSPS) is 23.6. The van der Waals surface area contributed by atoms with E-state index in [1.54, 1.807) is 12.1 Å². The maximum atomic E-state index is 10.9. The maximum absolute atomic E-state index is 10.9. The Bertz CT molecular complexity index is 433. The number of ether oxygens (including phenoxy) is 1. The monoisotopic (exact) mass is 237 g/mol. The number of nitro benzene ring substituents is 1. The van der Waals surface area contributed by atoms with Gasteiger partial charge in [0.25, 0.3) is 0 Å². The zero-order valence-corrected chi connectivity index (χ0v) is 9.63. The van der Waals surface area contributed by atoms with Gasteiger partial charge in [0.05, 0.1) is 11.0 Å². The Kier molecular flexibility index (Phi) is 3.28. The SMILES string of the molecule is Cc1ccc([N+](=O)[O-])c(O[C@H]2CCC[C@@H]2O)c1. The number of rotatable bonds is 3. The van der Waals surface area contributed by atoms with Crippen LogP contribution in [0.5, 0.6) is 5.75 Å². The first kappa shape index (κ1) is 11.9. The zero-order chi connectivity index (χ0) is 12.4. The van der Waals surface area contributed by atoms with Gasteiger partial charge in [0.15, 0.2) is 5.75 Å². The Morgan fingerprint density at radius 3 is 2.82 bits per heavy atom. The number of nitro groups is 1. The van der Waals surface area contributed by atoms with Crippen LogP contribution in [0.15, 0.2) is 18.2 Å². The third-order valence-corrected chi connectivity index (χ3v) is 3.01. The molecule has 1 aliphatic rings. The molecule has 5 heteroatoms. The minimum atomic E-state index is -0.518. The minimum absolute atomic E-state index is 0.0466. The molecular formula is C12H15NO4. The van der Waals surface area contributed by atoms with Gasteiger partial charge in [-0.2, -0.15) is 0 Å². The van der Waals surface area contributed by atoms with Crippen molar-refractivity contribution in [2.45, 2.75) is 38.4 Å². The first-order chi connectivity index (χ1) is 8.08. The molecule has 0 aromatic heterocycles. The molecule has 0 saturated heterocycles. The van der Waals surface area contributed by atoms with Crippen LogP contribution in [-0.4, -0.2) is 22.2 Å². The van der Waals surface area contributed by atoms with E-state index in [0.29, 0.717) is 6.42 Å². The van der Waals surface area contributed by atoms with E-state index in [0.717, 1.165) is 18.4 Å². The highest BCUT2D eigenvalue weighted by Gasteiger charge is 2.29. The summed E-state index contributed by atoms with van der Waals surface area (Å²) in [6.07, 6.45) is 1.49. The van der Waals surface area contributed by atoms with Gasteiger partial charge in [-0.05, 0) is 37.8 Å². The molecule has 1 N–H and O–H groups in total. The Hall–Kier alpha value is -1.62. The van der Waals surface area contributed by atoms with E-state index in [2.05, 4.69) is 0 Å². The van der Waals surface area contributed by atoms with Crippen LogP contribution in [0.25, 0.3) is 0 Å². The summed E-state index contributed by atoms with van der Waals surface area (Å²) >= 11 is 0. The average Bonchev–Trinajstić information content (AvgIpc) is 2.64. The second-order valence-electron chi connectivity index (χ2n) is 4.38. The van der Waals surface area contributed by atoms with Crippen molar-refractivity contribution in [3.63, 3.8) is 0 Å². The van der Waals surface area contributed by atoms with Gasteiger partial charge in [0, 0.05) is 6.07 Å². The van der Waals surface area contributed by atoms with Crippen molar-refractivity contribution in [1.29, 1.82) is 0 Å². The summed E-state index contributed by atoms with van der Waals surface area (Å²) in [6, 6.07) is 4.76. The molecule has 2 rings (SSSR count). The number of aliphatic hydroxyl groups excluding tert-OH is 1. The lowest BCUT2D eigenvalue weighted by atomic mass is 10.2. The van der Waals surface area contributed by atoms with Gasteiger partial charge in [-0.25, -0.2) is 0 Å². The molecule has 1 aromatic carbocycles. The minimum Gasteiger partial charge on any atom is -0.481 e. The summed E-state index contributed by atoms with van der Waals surface area (Å²) in [4.78, 5) is 10.4. The van der Waals surface area contributed by atoms with E-state index < -0.39 is 11.0 Å². The van der Waals surface area contributed by atoms with Crippen molar-refractivity contribution in [3.05, 3.63) is 33.9 Å². The van der Waals surface area contributed by atoms with Gasteiger partial charge in [-0.1, -0.05) is 6.07 Å². The highest BCUT2D eigenvalue weighted by Crippen LogP contribution is 2.32. The lowest BCUT2D eigenvalue weighted by Gasteiger charge is -2.17. The van der Waals surface area contributed by atoms with Crippen molar-refractivity contribution in [2.24, 2.45) is 0 Å². The molecule has 1 fully saturated rings. The van der Waals surface area contributed by atoms with E-state index in [9.17, 15) is 15.2 Å². The number of hydrogen-bond donors (Lipinski definition) is 1. The van der Waals surface area contributed by atoms with Gasteiger partial charge in [0.2, 0.25) is 0 Å². The highest BCUT2D eigenvalue weighted by molar-refractivity contribution is 5.48. The topological polar surface area (TPSA) is 72.6 Å². The number of aryl methyl sites for hydroxylation is 1. The second-order valence-corrected chi connectivity index (χ2v) is 4.38. The van der Waals surface area contributed by atoms with Crippen molar-refractivity contribution in [3.8, 4) is 5.75 Å². The Balaban J connectivity index is 2.24. The molecular weight excluding hydrogens is 222 g/mol. The van der Waals surface area contributed by atoms with Crippen LogP contribution < -0.4 is 4.74 Å². The lowest BCUT2D eigenvalue weighted by Crippen LogP contribution is -2.25. The van der Waals surface area contributed by atoms with Crippen molar-refractivity contribution < 1.29 is 14.8 Å². The van der Waals surface area contributed by atoms with Crippen LogP contribution in [0.3, 0.4) is 0 Å². The van der Waals surface area contributed by atoms with Gasteiger partial charge < -0.3 is 9.84 Å². The van der Waals surface area contributed by atoms with Gasteiger partial charge in [-0.15, -0.1) is 0 Å². The molecule has 0 amide bonds. The summed E-state index contributed by atoms with van der Waals surface area (Å²) in [5.41, 5.74) is 0.854. The number of benzene rings is 1. The highest BCUT2D eigenvalue weighted by atomic mass is 16.6. The van der Waals surface area contributed by atoms with E-state index in [1.807, 2.05) is 6.92 Å². The lowest BCUT2D eigenvalue weighted by molar-refractivity contribution is -0.386. The van der Waals surface area contributed by atoms with Gasteiger partial charge in [0.1, 0.15) is 6.10 Å². The average molecular weight is 237 g/mol. The largest absolute Gasteiger partial charge is 0.481 e. The van der Waals surface area contributed by atoms with Crippen molar-refractivity contribution in [2.75, 3.05) is 0 Å². The van der Waals surface area contributed by atoms with Crippen LogP contribution in [0.1, 0.15) is 24.8 Å². The van der Waals surface area contributed by atoms with E-state index >= 15 is 0 Å². The molecule has 17 heavy (non-hydrogen) atoms. The van der Waals surface area contributed by atoms with Gasteiger partial charge in [-0.3, -0.25) is 10.1 Å². The van der Waals surface area contributed by atoms with E-state index in [1.165, 1.54) is 6.07 Å². The summed E-state index contributed by atoms with van der Waals surface area (Å²) in [5.74, 6) is 0.251. The summed E-state index contributed by atoms with van der Waals surface area (Å²) in [5, 5.41) is 20.5. The number of nitrogens with zero attached hydrogens (tertiary/aromatic N) is 1. The molecule has 0 spiro atoms. The molecule has 0 radical (unpaired) electrons. The van der Waals surface area contributed by atoms with Crippen LogP contribution in [-0.2, 0) is 0 Å². The molecule has 0 heterocycles. The number of aliphatic hydroxyl groups is 1. The molecule has 5 nitrogen and oxygen atoms in total. The Morgan fingerprint density at radius 2 is 2.24 bits per heavy atom. The van der Waals surface area contributed by atoms with Crippen molar-refractivity contribution in [1.82, 2.24) is 0 Å². The molecule has 1 aliphatic carbocycles. The zero-order valence-electron chi connectivity index (χ0n) is 9.63.